The van der Waals surface area contributed by atoms with Crippen LogP contribution in [0.1, 0.15) is 10.4 Å². The minimum Gasteiger partial charge on any atom is -0.298 e. The number of fused-ring (bicyclic) bond motifs is 1. The normalized spacial score (nSPS) is 11.0. The van der Waals surface area contributed by atoms with Crippen LogP contribution < -0.4 is 5.32 Å². The Hall–Kier alpha value is -2.55. The van der Waals surface area contributed by atoms with Gasteiger partial charge in [-0.25, -0.2) is 26.9 Å². The topological polar surface area (TPSA) is 42.0 Å². The Bertz CT molecular complexity index is 920. The van der Waals surface area contributed by atoms with Crippen LogP contribution in [0, 0.1) is 29.1 Å². The van der Waals surface area contributed by atoms with Gasteiger partial charge in [0.15, 0.2) is 22.6 Å². The van der Waals surface area contributed by atoms with Crippen LogP contribution in [0.2, 0.25) is 0 Å². The van der Waals surface area contributed by atoms with Gasteiger partial charge in [0.05, 0.1) is 10.2 Å². The number of halogens is 5. The molecule has 1 amide bonds. The first kappa shape index (κ1) is 15.3. The summed E-state index contributed by atoms with van der Waals surface area (Å²) in [6, 6.07) is 2.87. The molecule has 0 aliphatic carbocycles. The lowest BCUT2D eigenvalue weighted by atomic mass is 10.2. The Morgan fingerprint density at radius 3 is 2.26 bits per heavy atom. The highest BCUT2D eigenvalue weighted by Crippen LogP contribution is 2.31. The van der Waals surface area contributed by atoms with Crippen molar-refractivity contribution in [1.29, 1.82) is 0 Å². The van der Waals surface area contributed by atoms with Gasteiger partial charge in [-0.05, 0) is 12.1 Å². The lowest BCUT2D eigenvalue weighted by Gasteiger charge is -2.01. The first-order chi connectivity index (χ1) is 10.8. The van der Waals surface area contributed by atoms with E-state index < -0.39 is 35.0 Å². The van der Waals surface area contributed by atoms with Crippen molar-refractivity contribution in [1.82, 2.24) is 4.98 Å². The summed E-state index contributed by atoms with van der Waals surface area (Å²) in [5.74, 6) is -7.28. The summed E-state index contributed by atoms with van der Waals surface area (Å²) in [5.41, 5.74) is -0.508. The minimum atomic E-state index is -1.65. The van der Waals surface area contributed by atoms with Crippen LogP contribution in [0.3, 0.4) is 0 Å². The number of hydrogen-bond donors (Lipinski definition) is 1. The van der Waals surface area contributed by atoms with Crippen LogP contribution in [0.15, 0.2) is 24.3 Å². The van der Waals surface area contributed by atoms with Gasteiger partial charge >= 0.3 is 0 Å². The van der Waals surface area contributed by atoms with Crippen molar-refractivity contribution in [2.75, 3.05) is 5.32 Å². The molecule has 23 heavy (non-hydrogen) atoms. The fraction of sp³-hybridized carbons (Fsp3) is 0. The molecule has 3 rings (SSSR count). The second-order valence-corrected chi connectivity index (χ2v) is 5.46. The van der Waals surface area contributed by atoms with Crippen molar-refractivity contribution in [3.63, 3.8) is 0 Å². The van der Waals surface area contributed by atoms with Crippen LogP contribution >= 0.6 is 11.3 Å². The molecule has 0 radical (unpaired) electrons. The number of nitrogens with zero attached hydrogens (tertiary/aromatic N) is 1. The Morgan fingerprint density at radius 2 is 1.61 bits per heavy atom. The fourth-order valence-corrected chi connectivity index (χ4v) is 2.75. The Balaban J connectivity index is 1.95. The number of benzene rings is 2. The van der Waals surface area contributed by atoms with Crippen molar-refractivity contribution in [2.45, 2.75) is 0 Å². The standard InChI is InChI=1S/C14H5F5N2OS/c15-6-1-5(2-7(16)3-6)13(22)21-14-20-9-4-8(17)10(18)11(19)12(9)23-14/h1-4H,(H,20,21,22). The van der Waals surface area contributed by atoms with Gasteiger partial charge in [0, 0.05) is 17.7 Å². The summed E-state index contributed by atoms with van der Waals surface area (Å²) in [6.45, 7) is 0. The fourth-order valence-electron chi connectivity index (χ4n) is 1.88. The molecule has 0 bridgehead atoms. The van der Waals surface area contributed by atoms with Gasteiger partial charge in [0.2, 0.25) is 0 Å². The van der Waals surface area contributed by atoms with E-state index in [1.807, 2.05) is 0 Å². The van der Waals surface area contributed by atoms with E-state index in [1.54, 1.807) is 0 Å². The van der Waals surface area contributed by atoms with Crippen molar-refractivity contribution in [3.05, 3.63) is 58.9 Å². The zero-order chi connectivity index (χ0) is 16.7. The minimum absolute atomic E-state index is 0.168. The molecule has 1 aromatic heterocycles. The maximum atomic E-state index is 13.6. The van der Waals surface area contributed by atoms with Gasteiger partial charge in [0.25, 0.3) is 5.91 Å². The van der Waals surface area contributed by atoms with Crippen LogP contribution in [-0.2, 0) is 0 Å². The molecule has 0 spiro atoms. The Kier molecular flexibility index (Phi) is 3.72. The average molecular weight is 344 g/mol. The van der Waals surface area contributed by atoms with E-state index in [0.29, 0.717) is 23.5 Å². The highest BCUT2D eigenvalue weighted by molar-refractivity contribution is 7.22. The van der Waals surface area contributed by atoms with Gasteiger partial charge in [-0.3, -0.25) is 10.1 Å². The summed E-state index contributed by atoms with van der Waals surface area (Å²) >= 11 is 0.566. The molecule has 0 atom stereocenters. The number of anilines is 1. The predicted molar refractivity (Wildman–Crippen MR) is 73.8 cm³/mol. The lowest BCUT2D eigenvalue weighted by Crippen LogP contribution is -2.12. The van der Waals surface area contributed by atoms with Crippen molar-refractivity contribution in [3.8, 4) is 0 Å². The van der Waals surface area contributed by atoms with Crippen molar-refractivity contribution < 1.29 is 26.7 Å². The lowest BCUT2D eigenvalue weighted by molar-refractivity contribution is 0.102. The molecule has 0 unspecified atom stereocenters. The van der Waals surface area contributed by atoms with Gasteiger partial charge in [-0.15, -0.1) is 0 Å². The zero-order valence-corrected chi connectivity index (χ0v) is 11.8. The van der Waals surface area contributed by atoms with Gasteiger partial charge in [-0.1, -0.05) is 11.3 Å². The van der Waals surface area contributed by atoms with E-state index in [1.165, 1.54) is 0 Å². The monoisotopic (exact) mass is 344 g/mol. The number of aromatic nitrogens is 1. The molecule has 3 aromatic rings. The first-order valence-electron chi connectivity index (χ1n) is 6.06. The molecule has 118 valence electrons. The molecular formula is C14H5F5N2OS. The highest BCUT2D eigenvalue weighted by atomic mass is 32.1. The molecule has 0 saturated heterocycles. The Morgan fingerprint density at radius 1 is 0.957 bits per heavy atom. The van der Waals surface area contributed by atoms with Crippen molar-refractivity contribution in [2.24, 2.45) is 0 Å². The number of carbonyl (C=O) groups excluding carboxylic acids is 1. The maximum absolute atomic E-state index is 13.6. The van der Waals surface area contributed by atoms with Gasteiger partial charge in [-0.2, -0.15) is 0 Å². The number of thiazole rings is 1. The quantitative estimate of drug-likeness (QED) is 0.558. The van der Waals surface area contributed by atoms with Crippen molar-refractivity contribution >= 4 is 32.6 Å². The van der Waals surface area contributed by atoms with Crippen LogP contribution in [0.4, 0.5) is 27.1 Å². The number of rotatable bonds is 2. The molecule has 1 heterocycles. The van der Waals surface area contributed by atoms with Crippen LogP contribution in [-0.4, -0.2) is 10.9 Å². The summed E-state index contributed by atoms with van der Waals surface area (Å²) < 4.78 is 65.7. The molecule has 0 aliphatic heterocycles. The third kappa shape index (κ3) is 2.87. The number of hydrogen-bond acceptors (Lipinski definition) is 3. The van der Waals surface area contributed by atoms with Crippen LogP contribution in [0.5, 0.6) is 0 Å². The number of carbonyl (C=O) groups is 1. The summed E-state index contributed by atoms with van der Waals surface area (Å²) in [4.78, 5) is 15.6. The van der Waals surface area contributed by atoms with E-state index in [2.05, 4.69) is 10.3 Å². The summed E-state index contributed by atoms with van der Waals surface area (Å²) in [6.07, 6.45) is 0. The largest absolute Gasteiger partial charge is 0.298 e. The van der Waals surface area contributed by atoms with Gasteiger partial charge in [0.1, 0.15) is 11.6 Å². The van der Waals surface area contributed by atoms with Gasteiger partial charge < -0.3 is 0 Å². The average Bonchev–Trinajstić information content (AvgIpc) is 2.86. The SMILES string of the molecule is O=C(Nc1nc2cc(F)c(F)c(F)c2s1)c1cc(F)cc(F)c1. The molecule has 0 fully saturated rings. The summed E-state index contributed by atoms with van der Waals surface area (Å²) in [7, 11) is 0. The van der Waals surface area contributed by atoms with E-state index in [-0.39, 0.29) is 20.9 Å². The maximum Gasteiger partial charge on any atom is 0.257 e. The molecule has 1 N–H and O–H groups in total. The van der Waals surface area contributed by atoms with E-state index >= 15 is 0 Å². The zero-order valence-electron chi connectivity index (χ0n) is 11.0. The van der Waals surface area contributed by atoms with E-state index in [4.69, 9.17) is 0 Å². The second kappa shape index (κ2) is 5.58. The highest BCUT2D eigenvalue weighted by Gasteiger charge is 2.19. The van der Waals surface area contributed by atoms with E-state index in [0.717, 1.165) is 12.1 Å². The summed E-state index contributed by atoms with van der Waals surface area (Å²) in [5, 5.41) is 2.02. The molecule has 9 heteroatoms. The molecule has 0 aliphatic rings. The second-order valence-electron chi connectivity index (χ2n) is 4.47. The predicted octanol–water partition coefficient (Wildman–Crippen LogP) is 4.24. The van der Waals surface area contributed by atoms with E-state index in [9.17, 15) is 26.7 Å². The number of amides is 1. The Labute approximate surface area is 129 Å². The number of nitrogens with one attached hydrogen (secondary N) is 1. The molecular weight excluding hydrogens is 339 g/mol. The smallest absolute Gasteiger partial charge is 0.257 e. The van der Waals surface area contributed by atoms with Crippen LogP contribution in [0.25, 0.3) is 10.2 Å². The first-order valence-corrected chi connectivity index (χ1v) is 6.88. The third-order valence-electron chi connectivity index (χ3n) is 2.86. The molecule has 3 nitrogen and oxygen atoms in total. The third-order valence-corrected chi connectivity index (χ3v) is 3.84. The molecule has 2 aromatic carbocycles. The molecule has 0 saturated carbocycles.